The number of benzene rings is 3. The molecule has 11 heteroatoms. The van der Waals surface area contributed by atoms with Crippen molar-refractivity contribution in [2.75, 3.05) is 12.0 Å². The molecule has 184 valence electrons. The summed E-state index contributed by atoms with van der Waals surface area (Å²) >= 11 is 0. The quantitative estimate of drug-likeness (QED) is 0.169. The number of nitro groups is 1. The number of anilines is 1. The van der Waals surface area contributed by atoms with Crippen LogP contribution >= 0.6 is 0 Å². The van der Waals surface area contributed by atoms with Gasteiger partial charge in [0.2, 0.25) is 0 Å². The third-order valence-corrected chi connectivity index (χ3v) is 5.69. The number of ketones is 1. The number of aliphatic hydroxyl groups excluding tert-OH is 1. The number of methoxy groups -OCH3 is 1. The van der Waals surface area contributed by atoms with Crippen LogP contribution in [0.25, 0.3) is 5.76 Å². The van der Waals surface area contributed by atoms with Crippen molar-refractivity contribution in [2.24, 2.45) is 0 Å². The van der Waals surface area contributed by atoms with Gasteiger partial charge in [0.15, 0.2) is 0 Å². The number of nitro benzene ring substituents is 1. The first-order valence-corrected chi connectivity index (χ1v) is 10.4. The molecule has 1 saturated heterocycles. The fourth-order valence-electron chi connectivity index (χ4n) is 4.01. The van der Waals surface area contributed by atoms with Crippen LogP contribution in [-0.2, 0) is 15.8 Å². The molecule has 0 aromatic heterocycles. The summed E-state index contributed by atoms with van der Waals surface area (Å²) in [5.74, 6) is -2.66. The van der Waals surface area contributed by atoms with Crippen LogP contribution in [0.1, 0.15) is 22.7 Å². The van der Waals surface area contributed by atoms with Gasteiger partial charge in [-0.15, -0.1) is 0 Å². The number of hydrogen-bond acceptors (Lipinski definition) is 6. The van der Waals surface area contributed by atoms with Gasteiger partial charge in [-0.25, -0.2) is 0 Å². The van der Waals surface area contributed by atoms with Crippen LogP contribution in [0, 0.1) is 10.1 Å². The Balaban J connectivity index is 1.99. The highest BCUT2D eigenvalue weighted by atomic mass is 19.4. The van der Waals surface area contributed by atoms with Crippen LogP contribution < -0.4 is 9.64 Å². The Kier molecular flexibility index (Phi) is 6.23. The standard InChI is InChI=1S/C25H17F3N2O6/c1-36-17-11-9-14(10-12-17)22(31)20-21(18-7-2-3-8-19(18)30(34)35)29(24(33)23(20)32)16-6-4-5-15(13-16)25(26,27)28/h2-13,21,31H,1H3/t21-/m0/s1. The molecule has 3 aromatic carbocycles. The van der Waals surface area contributed by atoms with Crippen molar-refractivity contribution in [3.05, 3.63) is 105 Å². The summed E-state index contributed by atoms with van der Waals surface area (Å²) < 4.78 is 45.2. The summed E-state index contributed by atoms with van der Waals surface area (Å²) in [5, 5.41) is 22.8. The van der Waals surface area contributed by atoms with Gasteiger partial charge in [-0.1, -0.05) is 18.2 Å². The summed E-state index contributed by atoms with van der Waals surface area (Å²) in [6.07, 6.45) is -4.75. The number of ether oxygens (including phenoxy) is 1. The first kappa shape index (κ1) is 24.5. The number of aliphatic hydroxyl groups is 1. The van der Waals surface area contributed by atoms with E-state index in [4.69, 9.17) is 4.74 Å². The smallest absolute Gasteiger partial charge is 0.416 e. The molecule has 0 saturated carbocycles. The third kappa shape index (κ3) is 4.26. The van der Waals surface area contributed by atoms with Crippen molar-refractivity contribution >= 4 is 28.8 Å². The molecule has 4 rings (SSSR count). The Morgan fingerprint density at radius 1 is 1.03 bits per heavy atom. The van der Waals surface area contributed by atoms with Crippen molar-refractivity contribution in [2.45, 2.75) is 12.2 Å². The van der Waals surface area contributed by atoms with E-state index >= 15 is 0 Å². The largest absolute Gasteiger partial charge is 0.507 e. The molecule has 0 aliphatic carbocycles. The van der Waals surface area contributed by atoms with Gasteiger partial charge in [0.25, 0.3) is 17.4 Å². The molecule has 1 atom stereocenters. The summed E-state index contributed by atoms with van der Waals surface area (Å²) in [6.45, 7) is 0. The molecule has 0 radical (unpaired) electrons. The minimum atomic E-state index is -4.75. The van der Waals surface area contributed by atoms with E-state index in [9.17, 15) is 38.0 Å². The lowest BCUT2D eigenvalue weighted by atomic mass is 9.94. The monoisotopic (exact) mass is 498 g/mol. The number of para-hydroxylation sites is 1. The van der Waals surface area contributed by atoms with E-state index in [1.165, 1.54) is 55.6 Å². The first-order chi connectivity index (χ1) is 17.0. The van der Waals surface area contributed by atoms with Gasteiger partial charge in [-0.05, 0) is 48.5 Å². The summed E-state index contributed by atoms with van der Waals surface area (Å²) in [6, 6.07) is 13.1. The molecule has 0 spiro atoms. The Hall–Kier alpha value is -4.67. The van der Waals surface area contributed by atoms with Crippen molar-refractivity contribution in [1.82, 2.24) is 0 Å². The van der Waals surface area contributed by atoms with Gasteiger partial charge in [0, 0.05) is 17.3 Å². The number of alkyl halides is 3. The van der Waals surface area contributed by atoms with E-state index < -0.39 is 51.4 Å². The van der Waals surface area contributed by atoms with Crippen molar-refractivity contribution in [3.63, 3.8) is 0 Å². The molecule has 1 heterocycles. The average Bonchev–Trinajstić information content (AvgIpc) is 3.13. The second-order valence-electron chi connectivity index (χ2n) is 7.76. The minimum absolute atomic E-state index is 0.0985. The van der Waals surface area contributed by atoms with E-state index in [1.54, 1.807) is 0 Å². The Morgan fingerprint density at radius 3 is 2.31 bits per heavy atom. The molecule has 1 aliphatic heterocycles. The van der Waals surface area contributed by atoms with Crippen LogP contribution in [0.5, 0.6) is 5.75 Å². The average molecular weight is 498 g/mol. The van der Waals surface area contributed by atoms with E-state index in [-0.39, 0.29) is 16.8 Å². The van der Waals surface area contributed by atoms with Gasteiger partial charge in [0.1, 0.15) is 17.6 Å². The van der Waals surface area contributed by atoms with E-state index in [0.29, 0.717) is 11.8 Å². The van der Waals surface area contributed by atoms with Crippen LogP contribution in [0.4, 0.5) is 24.5 Å². The van der Waals surface area contributed by atoms with E-state index in [1.807, 2.05) is 0 Å². The molecule has 1 N–H and O–H groups in total. The number of hydrogen-bond donors (Lipinski definition) is 1. The number of carbonyl (C=O) groups excluding carboxylic acids is 2. The summed E-state index contributed by atoms with van der Waals surface area (Å²) in [5.41, 5.74) is -2.45. The zero-order chi connectivity index (χ0) is 26.2. The minimum Gasteiger partial charge on any atom is -0.507 e. The van der Waals surface area contributed by atoms with Crippen molar-refractivity contribution in [3.8, 4) is 5.75 Å². The molecule has 3 aromatic rings. The highest BCUT2D eigenvalue weighted by molar-refractivity contribution is 6.51. The molecule has 0 unspecified atom stereocenters. The van der Waals surface area contributed by atoms with Crippen LogP contribution in [0.15, 0.2) is 78.4 Å². The predicted molar refractivity (Wildman–Crippen MR) is 122 cm³/mol. The maximum atomic E-state index is 13.4. The van der Waals surface area contributed by atoms with Crippen LogP contribution in [0.2, 0.25) is 0 Å². The van der Waals surface area contributed by atoms with E-state index in [2.05, 4.69) is 0 Å². The van der Waals surface area contributed by atoms with Crippen LogP contribution in [0.3, 0.4) is 0 Å². The lowest BCUT2D eigenvalue weighted by Gasteiger charge is -2.25. The highest BCUT2D eigenvalue weighted by Crippen LogP contribution is 2.45. The number of halogens is 3. The third-order valence-electron chi connectivity index (χ3n) is 5.69. The fourth-order valence-corrected chi connectivity index (χ4v) is 4.01. The van der Waals surface area contributed by atoms with Crippen molar-refractivity contribution < 1.29 is 37.5 Å². The Morgan fingerprint density at radius 2 is 1.69 bits per heavy atom. The maximum absolute atomic E-state index is 13.4. The number of Topliss-reactive ketones (excluding diaryl/α,β-unsaturated/α-hetero) is 1. The van der Waals surface area contributed by atoms with Gasteiger partial charge >= 0.3 is 6.18 Å². The number of amides is 1. The van der Waals surface area contributed by atoms with Gasteiger partial charge in [-0.2, -0.15) is 13.2 Å². The number of carbonyl (C=O) groups is 2. The molecular weight excluding hydrogens is 481 g/mol. The lowest BCUT2D eigenvalue weighted by molar-refractivity contribution is -0.385. The van der Waals surface area contributed by atoms with Gasteiger partial charge in [-0.3, -0.25) is 24.6 Å². The molecular formula is C25H17F3N2O6. The first-order valence-electron chi connectivity index (χ1n) is 10.4. The zero-order valence-corrected chi connectivity index (χ0v) is 18.5. The fraction of sp³-hybridized carbons (Fsp3) is 0.120. The molecule has 8 nitrogen and oxygen atoms in total. The molecule has 1 amide bonds. The maximum Gasteiger partial charge on any atom is 0.416 e. The highest BCUT2D eigenvalue weighted by Gasteiger charge is 2.49. The number of nitrogens with zero attached hydrogens (tertiary/aromatic N) is 2. The zero-order valence-electron chi connectivity index (χ0n) is 18.5. The molecule has 1 fully saturated rings. The van der Waals surface area contributed by atoms with Crippen LogP contribution in [-0.4, -0.2) is 28.8 Å². The summed E-state index contributed by atoms with van der Waals surface area (Å²) in [7, 11) is 1.42. The second-order valence-corrected chi connectivity index (χ2v) is 7.76. The topological polar surface area (TPSA) is 110 Å². The summed E-state index contributed by atoms with van der Waals surface area (Å²) in [4.78, 5) is 38.0. The number of rotatable bonds is 5. The molecule has 36 heavy (non-hydrogen) atoms. The van der Waals surface area contributed by atoms with Gasteiger partial charge < -0.3 is 9.84 Å². The lowest BCUT2D eigenvalue weighted by Crippen LogP contribution is -2.30. The Bertz CT molecular complexity index is 1400. The Labute approximate surface area is 202 Å². The van der Waals surface area contributed by atoms with Gasteiger partial charge in [0.05, 0.1) is 28.7 Å². The van der Waals surface area contributed by atoms with E-state index in [0.717, 1.165) is 23.1 Å². The normalized spacial score (nSPS) is 17.3. The molecule has 0 bridgehead atoms. The SMILES string of the molecule is COc1ccc(C(O)=C2C(=O)C(=O)N(c3cccc(C(F)(F)F)c3)[C@H]2c2ccccc2[N+](=O)[O-])cc1. The predicted octanol–water partition coefficient (Wildman–Crippen LogP) is 5.25. The second kappa shape index (κ2) is 9.17. The molecule has 1 aliphatic rings. The van der Waals surface area contributed by atoms with Crippen molar-refractivity contribution in [1.29, 1.82) is 0 Å².